The molecule has 150 valence electrons. The number of hydrogen-bond donors (Lipinski definition) is 1. The SMILES string of the molecule is Cc1ccc(/C(O)=C2/C(=O)C(=O)N(CC3CCCO3)C2c2cccnc2)cc1C. The molecule has 1 amide bonds. The summed E-state index contributed by atoms with van der Waals surface area (Å²) in [4.78, 5) is 31.5. The average Bonchev–Trinajstić information content (AvgIpc) is 3.32. The number of carbonyl (C=O) groups excluding carboxylic acids is 2. The molecule has 4 rings (SSSR count). The Bertz CT molecular complexity index is 978. The molecule has 2 atom stereocenters. The minimum absolute atomic E-state index is 0.101. The molecule has 29 heavy (non-hydrogen) atoms. The number of Topliss-reactive ketones (excluding diaryl/α,β-unsaturated/α-hetero) is 1. The van der Waals surface area contributed by atoms with E-state index in [0.29, 0.717) is 24.3 Å². The van der Waals surface area contributed by atoms with E-state index in [9.17, 15) is 14.7 Å². The van der Waals surface area contributed by atoms with Gasteiger partial charge in [0.15, 0.2) is 0 Å². The Kier molecular flexibility index (Phi) is 5.20. The first-order chi connectivity index (χ1) is 14.0. The molecule has 1 N–H and O–H groups in total. The Morgan fingerprint density at radius 3 is 2.72 bits per heavy atom. The predicted molar refractivity (Wildman–Crippen MR) is 108 cm³/mol. The van der Waals surface area contributed by atoms with Crippen molar-refractivity contribution in [2.75, 3.05) is 13.2 Å². The van der Waals surface area contributed by atoms with E-state index in [-0.39, 0.29) is 17.4 Å². The van der Waals surface area contributed by atoms with Gasteiger partial charge in [0.25, 0.3) is 11.7 Å². The van der Waals surface area contributed by atoms with Crippen LogP contribution in [0.1, 0.15) is 41.1 Å². The highest BCUT2D eigenvalue weighted by Crippen LogP contribution is 2.39. The van der Waals surface area contributed by atoms with E-state index in [1.807, 2.05) is 32.0 Å². The highest BCUT2D eigenvalue weighted by Gasteiger charge is 2.47. The van der Waals surface area contributed by atoms with E-state index in [4.69, 9.17) is 4.74 Å². The van der Waals surface area contributed by atoms with E-state index in [0.717, 1.165) is 24.0 Å². The van der Waals surface area contributed by atoms with Crippen LogP contribution in [0.2, 0.25) is 0 Å². The van der Waals surface area contributed by atoms with Crippen molar-refractivity contribution < 1.29 is 19.4 Å². The molecule has 1 aromatic heterocycles. The number of rotatable bonds is 4. The average molecular weight is 392 g/mol. The number of aryl methyl sites for hydroxylation is 2. The zero-order valence-corrected chi connectivity index (χ0v) is 16.6. The maximum absolute atomic E-state index is 13.0. The van der Waals surface area contributed by atoms with Gasteiger partial charge in [-0.1, -0.05) is 18.2 Å². The van der Waals surface area contributed by atoms with Gasteiger partial charge in [0.05, 0.1) is 17.7 Å². The number of likely N-dealkylation sites (tertiary alicyclic amines) is 1. The van der Waals surface area contributed by atoms with Crippen LogP contribution in [-0.4, -0.2) is 45.9 Å². The highest BCUT2D eigenvalue weighted by molar-refractivity contribution is 6.46. The normalized spacial score (nSPS) is 23.7. The number of benzene rings is 1. The summed E-state index contributed by atoms with van der Waals surface area (Å²) in [5.74, 6) is -1.44. The summed E-state index contributed by atoms with van der Waals surface area (Å²) in [5.41, 5.74) is 3.40. The summed E-state index contributed by atoms with van der Waals surface area (Å²) < 4.78 is 5.69. The second-order valence-electron chi connectivity index (χ2n) is 7.67. The predicted octanol–water partition coefficient (Wildman–Crippen LogP) is 3.30. The molecule has 6 nitrogen and oxygen atoms in total. The molecule has 2 aromatic rings. The maximum Gasteiger partial charge on any atom is 0.295 e. The number of amides is 1. The van der Waals surface area contributed by atoms with Crippen LogP contribution in [-0.2, 0) is 14.3 Å². The van der Waals surface area contributed by atoms with Crippen LogP contribution in [0.15, 0.2) is 48.3 Å². The van der Waals surface area contributed by atoms with Gasteiger partial charge in [-0.3, -0.25) is 14.6 Å². The van der Waals surface area contributed by atoms with Crippen molar-refractivity contribution in [2.24, 2.45) is 0 Å². The fourth-order valence-electron chi connectivity index (χ4n) is 4.00. The molecular weight excluding hydrogens is 368 g/mol. The van der Waals surface area contributed by atoms with Gasteiger partial charge in [-0.05, 0) is 55.5 Å². The van der Waals surface area contributed by atoms with Crippen LogP contribution in [0.25, 0.3) is 5.76 Å². The molecule has 2 aliphatic rings. The largest absolute Gasteiger partial charge is 0.507 e. The fraction of sp³-hybridized carbons (Fsp3) is 0.348. The molecule has 1 aromatic carbocycles. The van der Waals surface area contributed by atoms with E-state index in [2.05, 4.69) is 4.98 Å². The number of aromatic nitrogens is 1. The zero-order valence-electron chi connectivity index (χ0n) is 16.6. The van der Waals surface area contributed by atoms with Gasteiger partial charge < -0.3 is 14.7 Å². The molecular formula is C23H24N2O4. The third kappa shape index (κ3) is 3.56. The quantitative estimate of drug-likeness (QED) is 0.491. The number of hydrogen-bond acceptors (Lipinski definition) is 5. The van der Waals surface area contributed by atoms with Crippen LogP contribution in [0.3, 0.4) is 0 Å². The molecule has 2 fully saturated rings. The summed E-state index contributed by atoms with van der Waals surface area (Å²) in [6.45, 7) is 4.90. The lowest BCUT2D eigenvalue weighted by Crippen LogP contribution is -2.36. The zero-order chi connectivity index (χ0) is 20.5. The molecule has 2 unspecified atom stereocenters. The lowest BCUT2D eigenvalue weighted by Gasteiger charge is -2.27. The van der Waals surface area contributed by atoms with Crippen molar-refractivity contribution in [3.8, 4) is 0 Å². The van der Waals surface area contributed by atoms with Crippen molar-refractivity contribution in [3.05, 3.63) is 70.6 Å². The number of nitrogens with zero attached hydrogens (tertiary/aromatic N) is 2. The summed E-state index contributed by atoms with van der Waals surface area (Å²) in [7, 11) is 0. The van der Waals surface area contributed by atoms with Crippen LogP contribution in [0.5, 0.6) is 0 Å². The third-order valence-electron chi connectivity index (χ3n) is 5.74. The smallest absolute Gasteiger partial charge is 0.295 e. The minimum Gasteiger partial charge on any atom is -0.507 e. The van der Waals surface area contributed by atoms with Crippen molar-refractivity contribution >= 4 is 17.4 Å². The van der Waals surface area contributed by atoms with Gasteiger partial charge in [0, 0.05) is 31.1 Å². The topological polar surface area (TPSA) is 79.7 Å². The number of ketones is 1. The van der Waals surface area contributed by atoms with Gasteiger partial charge in [0.2, 0.25) is 0 Å². The lowest BCUT2D eigenvalue weighted by atomic mass is 9.95. The van der Waals surface area contributed by atoms with Gasteiger partial charge in [-0.15, -0.1) is 0 Å². The first-order valence-corrected chi connectivity index (χ1v) is 9.85. The first kappa shape index (κ1) is 19.3. The second kappa shape index (κ2) is 7.79. The van der Waals surface area contributed by atoms with Crippen LogP contribution < -0.4 is 0 Å². The molecule has 0 spiro atoms. The molecule has 6 heteroatoms. The van der Waals surface area contributed by atoms with E-state index in [1.54, 1.807) is 24.5 Å². The summed E-state index contributed by atoms with van der Waals surface area (Å²) in [6.07, 6.45) is 4.95. The summed E-state index contributed by atoms with van der Waals surface area (Å²) >= 11 is 0. The Balaban J connectivity index is 1.82. The fourth-order valence-corrected chi connectivity index (χ4v) is 4.00. The first-order valence-electron chi connectivity index (χ1n) is 9.85. The van der Waals surface area contributed by atoms with E-state index < -0.39 is 17.7 Å². The standard InChI is InChI=1S/C23H24N2O4/c1-14-7-8-16(11-15(14)2)21(26)19-20(17-5-3-9-24-12-17)25(23(28)22(19)27)13-18-6-4-10-29-18/h3,5,7-9,11-12,18,20,26H,4,6,10,13H2,1-2H3/b21-19-. The highest BCUT2D eigenvalue weighted by atomic mass is 16.5. The van der Waals surface area contributed by atoms with Crippen molar-refractivity contribution in [1.29, 1.82) is 0 Å². The number of aliphatic hydroxyl groups is 1. The van der Waals surface area contributed by atoms with Crippen LogP contribution in [0, 0.1) is 13.8 Å². The molecule has 0 radical (unpaired) electrons. The van der Waals surface area contributed by atoms with Gasteiger partial charge in [-0.25, -0.2) is 0 Å². The van der Waals surface area contributed by atoms with E-state index in [1.165, 1.54) is 4.90 Å². The van der Waals surface area contributed by atoms with Gasteiger partial charge in [0.1, 0.15) is 5.76 Å². The van der Waals surface area contributed by atoms with Gasteiger partial charge in [-0.2, -0.15) is 0 Å². The number of carbonyl (C=O) groups is 2. The second-order valence-corrected chi connectivity index (χ2v) is 7.67. The molecule has 2 saturated heterocycles. The minimum atomic E-state index is -0.686. The van der Waals surface area contributed by atoms with Gasteiger partial charge >= 0.3 is 0 Å². The Labute approximate surface area is 169 Å². The number of ether oxygens (including phenoxy) is 1. The number of pyridine rings is 1. The Morgan fingerprint density at radius 2 is 2.07 bits per heavy atom. The summed E-state index contributed by atoms with van der Waals surface area (Å²) in [6, 6.07) is 8.39. The third-order valence-corrected chi connectivity index (χ3v) is 5.74. The molecule has 0 saturated carbocycles. The Morgan fingerprint density at radius 1 is 1.24 bits per heavy atom. The Hall–Kier alpha value is -2.99. The van der Waals surface area contributed by atoms with Crippen LogP contribution in [0.4, 0.5) is 0 Å². The van der Waals surface area contributed by atoms with Crippen molar-refractivity contribution in [1.82, 2.24) is 9.88 Å². The summed E-state index contributed by atoms with van der Waals surface area (Å²) in [5, 5.41) is 11.1. The number of aliphatic hydroxyl groups excluding tert-OH is 1. The lowest BCUT2D eigenvalue weighted by molar-refractivity contribution is -0.140. The van der Waals surface area contributed by atoms with Crippen LogP contribution >= 0.6 is 0 Å². The van der Waals surface area contributed by atoms with Crippen molar-refractivity contribution in [3.63, 3.8) is 0 Å². The molecule has 2 aliphatic heterocycles. The van der Waals surface area contributed by atoms with E-state index >= 15 is 0 Å². The molecule has 0 aliphatic carbocycles. The molecule has 3 heterocycles. The van der Waals surface area contributed by atoms with Crippen molar-refractivity contribution in [2.45, 2.75) is 38.8 Å². The maximum atomic E-state index is 13.0. The molecule has 0 bridgehead atoms. The monoisotopic (exact) mass is 392 g/mol.